The van der Waals surface area contributed by atoms with E-state index in [4.69, 9.17) is 5.84 Å². The molecule has 0 atom stereocenters. The Hall–Kier alpha value is -1.92. The average molecular weight is 321 g/mol. The van der Waals surface area contributed by atoms with E-state index in [1.54, 1.807) is 12.3 Å². The number of hydrazine groups is 1. The lowest BCUT2D eigenvalue weighted by Gasteiger charge is -2.09. The molecule has 1 aromatic heterocycles. The van der Waals surface area contributed by atoms with Crippen LogP contribution in [0.15, 0.2) is 47.2 Å². The van der Waals surface area contributed by atoms with Gasteiger partial charge in [0.25, 0.3) is 5.91 Å². The summed E-state index contributed by atoms with van der Waals surface area (Å²) >= 11 is 3.36. The number of nitrogens with zero attached hydrogens (tertiary/aromatic N) is 1. The van der Waals surface area contributed by atoms with Crippen LogP contribution in [0, 0.1) is 0 Å². The Labute approximate surface area is 119 Å². The van der Waals surface area contributed by atoms with Crippen molar-refractivity contribution in [2.45, 2.75) is 6.54 Å². The number of nitrogens with two attached hydrogens (primary N) is 1. The number of halogens is 1. The molecule has 0 saturated carbocycles. The third-order valence-electron chi connectivity index (χ3n) is 2.59. The number of hydrogen-bond acceptors (Lipinski definition) is 4. The fourth-order valence-electron chi connectivity index (χ4n) is 1.59. The van der Waals surface area contributed by atoms with Crippen LogP contribution in [-0.2, 0) is 6.54 Å². The zero-order chi connectivity index (χ0) is 13.7. The molecule has 0 fully saturated rings. The first kappa shape index (κ1) is 13.5. The maximum absolute atomic E-state index is 12.0. The van der Waals surface area contributed by atoms with Crippen LogP contribution in [0.2, 0.25) is 0 Å². The van der Waals surface area contributed by atoms with E-state index in [0.717, 1.165) is 10.0 Å². The molecule has 0 saturated heterocycles. The SMILES string of the molecule is NNc1cnccc1C(=O)NCc1ccc(Br)cc1. The van der Waals surface area contributed by atoms with Crippen molar-refractivity contribution >= 4 is 27.5 Å². The molecule has 1 heterocycles. The summed E-state index contributed by atoms with van der Waals surface area (Å²) in [6.07, 6.45) is 3.06. The van der Waals surface area contributed by atoms with Crippen LogP contribution in [-0.4, -0.2) is 10.9 Å². The van der Waals surface area contributed by atoms with E-state index in [2.05, 4.69) is 31.7 Å². The Morgan fingerprint density at radius 1 is 1.26 bits per heavy atom. The summed E-state index contributed by atoms with van der Waals surface area (Å²) in [6, 6.07) is 9.37. The molecule has 1 amide bonds. The molecule has 0 aliphatic rings. The normalized spacial score (nSPS) is 10.0. The van der Waals surface area contributed by atoms with E-state index in [1.807, 2.05) is 24.3 Å². The fraction of sp³-hybridized carbons (Fsp3) is 0.0769. The van der Waals surface area contributed by atoms with Crippen LogP contribution in [0.3, 0.4) is 0 Å². The molecule has 0 aliphatic heterocycles. The molecule has 0 aliphatic carbocycles. The number of anilines is 1. The Morgan fingerprint density at radius 3 is 2.68 bits per heavy atom. The lowest BCUT2D eigenvalue weighted by molar-refractivity contribution is 0.0951. The monoisotopic (exact) mass is 320 g/mol. The first-order valence-electron chi connectivity index (χ1n) is 5.64. The predicted octanol–water partition coefficient (Wildman–Crippen LogP) is 2.06. The number of amides is 1. The van der Waals surface area contributed by atoms with Crippen molar-refractivity contribution in [3.63, 3.8) is 0 Å². The minimum absolute atomic E-state index is 0.196. The number of benzene rings is 1. The minimum atomic E-state index is -0.196. The average Bonchev–Trinajstić information content (AvgIpc) is 2.46. The summed E-state index contributed by atoms with van der Waals surface area (Å²) in [5.74, 6) is 5.14. The zero-order valence-electron chi connectivity index (χ0n) is 10.1. The van der Waals surface area contributed by atoms with Gasteiger partial charge < -0.3 is 10.7 Å². The smallest absolute Gasteiger partial charge is 0.253 e. The van der Waals surface area contributed by atoms with Crippen LogP contribution in [0.1, 0.15) is 15.9 Å². The van der Waals surface area contributed by atoms with Gasteiger partial charge in [-0.3, -0.25) is 15.6 Å². The molecule has 1 aromatic carbocycles. The minimum Gasteiger partial charge on any atom is -0.348 e. The van der Waals surface area contributed by atoms with Crippen molar-refractivity contribution in [3.8, 4) is 0 Å². The number of nitrogens with one attached hydrogen (secondary N) is 2. The summed E-state index contributed by atoms with van der Waals surface area (Å²) < 4.78 is 1.01. The van der Waals surface area contributed by atoms with Gasteiger partial charge in [0.15, 0.2) is 0 Å². The highest BCUT2D eigenvalue weighted by atomic mass is 79.9. The van der Waals surface area contributed by atoms with Crippen molar-refractivity contribution in [3.05, 3.63) is 58.3 Å². The quantitative estimate of drug-likeness (QED) is 0.595. The van der Waals surface area contributed by atoms with Crippen molar-refractivity contribution in [1.29, 1.82) is 0 Å². The number of rotatable bonds is 4. The highest BCUT2D eigenvalue weighted by molar-refractivity contribution is 9.10. The standard InChI is InChI=1S/C13H13BrN4O/c14-10-3-1-9(2-4-10)7-17-13(19)11-5-6-16-8-12(11)18-15/h1-6,8,18H,7,15H2,(H,17,19). The highest BCUT2D eigenvalue weighted by Crippen LogP contribution is 2.13. The van der Waals surface area contributed by atoms with E-state index in [9.17, 15) is 4.79 Å². The van der Waals surface area contributed by atoms with Gasteiger partial charge in [-0.25, -0.2) is 0 Å². The van der Waals surface area contributed by atoms with Gasteiger partial charge >= 0.3 is 0 Å². The highest BCUT2D eigenvalue weighted by Gasteiger charge is 2.10. The maximum atomic E-state index is 12.0. The van der Waals surface area contributed by atoms with Crippen molar-refractivity contribution in [1.82, 2.24) is 10.3 Å². The van der Waals surface area contributed by atoms with E-state index >= 15 is 0 Å². The maximum Gasteiger partial charge on any atom is 0.253 e. The lowest BCUT2D eigenvalue weighted by Crippen LogP contribution is -2.24. The second kappa shape index (κ2) is 6.31. The van der Waals surface area contributed by atoms with Crippen LogP contribution in [0.5, 0.6) is 0 Å². The van der Waals surface area contributed by atoms with Crippen LogP contribution < -0.4 is 16.6 Å². The Morgan fingerprint density at radius 2 is 2.00 bits per heavy atom. The van der Waals surface area contributed by atoms with Gasteiger partial charge in [-0.15, -0.1) is 0 Å². The number of pyridine rings is 1. The number of carbonyl (C=O) groups excluding carboxylic acids is 1. The van der Waals surface area contributed by atoms with Gasteiger partial charge in [-0.2, -0.15) is 0 Å². The van der Waals surface area contributed by atoms with Gasteiger partial charge in [-0.1, -0.05) is 28.1 Å². The fourth-order valence-corrected chi connectivity index (χ4v) is 1.85. The second-order valence-electron chi connectivity index (χ2n) is 3.87. The predicted molar refractivity (Wildman–Crippen MR) is 77.4 cm³/mol. The molecule has 98 valence electrons. The molecule has 2 rings (SSSR count). The molecule has 0 unspecified atom stereocenters. The van der Waals surface area contributed by atoms with Crippen LogP contribution in [0.4, 0.5) is 5.69 Å². The molecule has 5 nitrogen and oxygen atoms in total. The van der Waals surface area contributed by atoms with Gasteiger partial charge in [0.2, 0.25) is 0 Å². The molecule has 0 spiro atoms. The number of aromatic nitrogens is 1. The van der Waals surface area contributed by atoms with Crippen molar-refractivity contribution < 1.29 is 4.79 Å². The van der Waals surface area contributed by atoms with E-state index in [0.29, 0.717) is 17.8 Å². The van der Waals surface area contributed by atoms with Crippen molar-refractivity contribution in [2.75, 3.05) is 5.43 Å². The van der Waals surface area contributed by atoms with Gasteiger partial charge in [0.05, 0.1) is 17.4 Å². The molecule has 0 radical (unpaired) electrons. The Bertz CT molecular complexity index is 571. The number of carbonyl (C=O) groups is 1. The van der Waals surface area contributed by atoms with Gasteiger partial charge in [0.1, 0.15) is 0 Å². The van der Waals surface area contributed by atoms with Gasteiger partial charge in [-0.05, 0) is 23.8 Å². The summed E-state index contributed by atoms with van der Waals surface area (Å²) in [5.41, 5.74) is 4.44. The summed E-state index contributed by atoms with van der Waals surface area (Å²) in [5, 5.41) is 2.83. The van der Waals surface area contributed by atoms with Crippen LogP contribution in [0.25, 0.3) is 0 Å². The topological polar surface area (TPSA) is 80.0 Å². The third-order valence-corrected chi connectivity index (χ3v) is 3.12. The summed E-state index contributed by atoms with van der Waals surface area (Å²) in [7, 11) is 0. The molecule has 2 aromatic rings. The molecule has 19 heavy (non-hydrogen) atoms. The van der Waals surface area contributed by atoms with Crippen LogP contribution >= 0.6 is 15.9 Å². The molecular weight excluding hydrogens is 308 g/mol. The zero-order valence-corrected chi connectivity index (χ0v) is 11.6. The van der Waals surface area contributed by atoms with Crippen molar-refractivity contribution in [2.24, 2.45) is 5.84 Å². The summed E-state index contributed by atoms with van der Waals surface area (Å²) in [4.78, 5) is 15.9. The van der Waals surface area contributed by atoms with E-state index in [1.165, 1.54) is 6.20 Å². The second-order valence-corrected chi connectivity index (χ2v) is 4.79. The lowest BCUT2D eigenvalue weighted by atomic mass is 10.2. The first-order valence-corrected chi connectivity index (χ1v) is 6.43. The Balaban J connectivity index is 2.03. The van der Waals surface area contributed by atoms with E-state index in [-0.39, 0.29) is 5.91 Å². The summed E-state index contributed by atoms with van der Waals surface area (Å²) in [6.45, 7) is 0.457. The largest absolute Gasteiger partial charge is 0.348 e. The van der Waals surface area contributed by atoms with Gasteiger partial charge in [0, 0.05) is 17.2 Å². The third kappa shape index (κ3) is 3.52. The molecule has 6 heteroatoms. The molecule has 4 N–H and O–H groups in total. The molecule has 0 bridgehead atoms. The molecular formula is C13H13BrN4O. The number of nitrogen functional groups attached to an aromatic ring is 1. The Kier molecular flexibility index (Phi) is 4.48. The van der Waals surface area contributed by atoms with E-state index < -0.39 is 0 Å². The number of hydrogen-bond donors (Lipinski definition) is 3. The first-order chi connectivity index (χ1) is 9.20.